The van der Waals surface area contributed by atoms with Gasteiger partial charge in [0.2, 0.25) is 0 Å². The highest BCUT2D eigenvalue weighted by molar-refractivity contribution is 8.01. The molecular formula is C18H17N5S3. The van der Waals surface area contributed by atoms with Gasteiger partial charge in [0, 0.05) is 23.3 Å². The molecule has 4 rings (SSSR count). The minimum absolute atomic E-state index is 0.653. The Hall–Kier alpha value is -2.03. The summed E-state index contributed by atoms with van der Waals surface area (Å²) in [6.07, 6.45) is 5.87. The molecule has 0 aliphatic rings. The number of nitrogens with zero attached hydrogens (tertiary/aromatic N) is 4. The van der Waals surface area contributed by atoms with Gasteiger partial charge in [-0.05, 0) is 24.3 Å². The van der Waals surface area contributed by atoms with E-state index in [9.17, 15) is 0 Å². The number of thioether (sulfide) groups is 1. The van der Waals surface area contributed by atoms with Crippen molar-refractivity contribution in [2.24, 2.45) is 0 Å². The smallest absolute Gasteiger partial charge is 0.163 e. The fourth-order valence-electron chi connectivity index (χ4n) is 2.56. The molecule has 132 valence electrons. The lowest BCUT2D eigenvalue weighted by molar-refractivity contribution is 0.897. The number of unbranched alkanes of at least 4 members (excludes halogenated alkanes) is 1. The summed E-state index contributed by atoms with van der Waals surface area (Å²) in [5, 5.41) is 2.91. The first-order valence-corrected chi connectivity index (χ1v) is 11.0. The van der Waals surface area contributed by atoms with Crippen molar-refractivity contribution in [3.63, 3.8) is 0 Å². The Kier molecular flexibility index (Phi) is 5.14. The lowest BCUT2D eigenvalue weighted by Gasteiger charge is -2.05. The van der Waals surface area contributed by atoms with E-state index in [-0.39, 0.29) is 0 Å². The van der Waals surface area contributed by atoms with Crippen molar-refractivity contribution in [3.05, 3.63) is 35.4 Å². The predicted molar refractivity (Wildman–Crippen MR) is 112 cm³/mol. The Morgan fingerprint density at radius 3 is 2.92 bits per heavy atom. The second-order valence-corrected chi connectivity index (χ2v) is 8.78. The molecule has 4 aromatic heterocycles. The molecule has 4 heterocycles. The van der Waals surface area contributed by atoms with E-state index < -0.39 is 0 Å². The summed E-state index contributed by atoms with van der Waals surface area (Å²) < 4.78 is 1.11. The lowest BCUT2D eigenvalue weighted by Crippen LogP contribution is -1.95. The van der Waals surface area contributed by atoms with E-state index in [4.69, 9.17) is 15.7 Å². The Morgan fingerprint density at radius 2 is 2.19 bits per heavy atom. The summed E-state index contributed by atoms with van der Waals surface area (Å²) in [6, 6.07) is 3.85. The molecule has 0 aliphatic carbocycles. The van der Waals surface area contributed by atoms with Crippen LogP contribution in [0.3, 0.4) is 0 Å². The number of thiophene rings is 1. The topological polar surface area (TPSA) is 77.6 Å². The standard InChI is InChI=1S/C18H17N5S3/c1-2-3-7-25-18-14(19)13-15(12-9-24-10-21-12)22-16(23-17(13)26-18)11-5-4-6-20-8-11/h4-6,8-10H,2-3,7,19H2,1H3. The summed E-state index contributed by atoms with van der Waals surface area (Å²) in [4.78, 5) is 19.1. The predicted octanol–water partition coefficient (Wildman–Crippen LogP) is 5.35. The molecule has 26 heavy (non-hydrogen) atoms. The van der Waals surface area contributed by atoms with Crippen LogP contribution in [-0.4, -0.2) is 25.7 Å². The van der Waals surface area contributed by atoms with Crippen LogP contribution in [0.5, 0.6) is 0 Å². The van der Waals surface area contributed by atoms with Crippen LogP contribution in [0, 0.1) is 0 Å². The summed E-state index contributed by atoms with van der Waals surface area (Å²) in [7, 11) is 0. The Balaban J connectivity index is 1.89. The highest BCUT2D eigenvalue weighted by Gasteiger charge is 2.20. The third kappa shape index (κ3) is 3.32. The van der Waals surface area contributed by atoms with E-state index in [0.717, 1.165) is 42.8 Å². The van der Waals surface area contributed by atoms with Crippen LogP contribution < -0.4 is 5.73 Å². The van der Waals surface area contributed by atoms with Gasteiger partial charge in [-0.3, -0.25) is 4.98 Å². The highest BCUT2D eigenvalue weighted by atomic mass is 32.2. The molecule has 0 atom stereocenters. The molecule has 0 spiro atoms. The zero-order chi connectivity index (χ0) is 17.9. The average Bonchev–Trinajstić information content (AvgIpc) is 3.31. The molecule has 4 aromatic rings. The molecule has 0 aromatic carbocycles. The zero-order valence-corrected chi connectivity index (χ0v) is 16.6. The number of hydrogen-bond donors (Lipinski definition) is 1. The highest BCUT2D eigenvalue weighted by Crippen LogP contribution is 2.44. The van der Waals surface area contributed by atoms with Gasteiger partial charge in [0.1, 0.15) is 16.2 Å². The third-order valence-electron chi connectivity index (χ3n) is 3.88. The number of rotatable bonds is 6. The molecule has 0 fully saturated rings. The van der Waals surface area contributed by atoms with Crippen LogP contribution in [0.4, 0.5) is 5.69 Å². The minimum atomic E-state index is 0.653. The number of hydrogen-bond acceptors (Lipinski definition) is 8. The van der Waals surface area contributed by atoms with E-state index in [0.29, 0.717) is 5.82 Å². The normalized spacial score (nSPS) is 11.3. The molecule has 0 aliphatic heterocycles. The SMILES string of the molecule is CCCCSc1sc2nc(-c3cccnc3)nc(-c3cscn3)c2c1N. The van der Waals surface area contributed by atoms with E-state index in [1.165, 1.54) is 12.8 Å². The second-order valence-electron chi connectivity index (χ2n) is 5.70. The van der Waals surface area contributed by atoms with Gasteiger partial charge in [-0.1, -0.05) is 13.3 Å². The van der Waals surface area contributed by atoms with Gasteiger partial charge in [-0.2, -0.15) is 0 Å². The molecule has 0 amide bonds. The number of nitrogens with two attached hydrogens (primary N) is 1. The Labute approximate surface area is 163 Å². The van der Waals surface area contributed by atoms with Crippen molar-refractivity contribution in [1.29, 1.82) is 0 Å². The van der Waals surface area contributed by atoms with Crippen molar-refractivity contribution in [1.82, 2.24) is 19.9 Å². The molecule has 0 bridgehead atoms. The monoisotopic (exact) mass is 399 g/mol. The zero-order valence-electron chi connectivity index (χ0n) is 14.2. The van der Waals surface area contributed by atoms with Gasteiger partial charge in [-0.25, -0.2) is 15.0 Å². The number of thiazole rings is 1. The van der Waals surface area contributed by atoms with E-state index in [2.05, 4.69) is 16.9 Å². The van der Waals surface area contributed by atoms with Gasteiger partial charge in [0.25, 0.3) is 0 Å². The van der Waals surface area contributed by atoms with Gasteiger partial charge in [0.05, 0.1) is 20.8 Å². The van der Waals surface area contributed by atoms with E-state index in [1.807, 2.05) is 23.0 Å². The van der Waals surface area contributed by atoms with Gasteiger partial charge < -0.3 is 5.73 Å². The first-order chi connectivity index (χ1) is 12.8. The van der Waals surface area contributed by atoms with Crippen LogP contribution in [0.25, 0.3) is 33.0 Å². The molecular weight excluding hydrogens is 382 g/mol. The largest absolute Gasteiger partial charge is 0.397 e. The number of nitrogen functional groups attached to an aromatic ring is 1. The van der Waals surface area contributed by atoms with Gasteiger partial charge in [-0.15, -0.1) is 34.4 Å². The Bertz CT molecular complexity index is 1010. The molecule has 0 saturated heterocycles. The lowest BCUT2D eigenvalue weighted by atomic mass is 10.2. The Morgan fingerprint density at radius 1 is 1.27 bits per heavy atom. The fraction of sp³-hybridized carbons (Fsp3) is 0.222. The molecule has 0 radical (unpaired) electrons. The summed E-state index contributed by atoms with van der Waals surface area (Å²) in [5.41, 5.74) is 11.6. The van der Waals surface area contributed by atoms with Crippen LogP contribution in [0.1, 0.15) is 19.8 Å². The average molecular weight is 400 g/mol. The molecule has 2 N–H and O–H groups in total. The van der Waals surface area contributed by atoms with Crippen molar-refractivity contribution in [3.8, 4) is 22.8 Å². The first-order valence-electron chi connectivity index (χ1n) is 8.29. The van der Waals surface area contributed by atoms with Crippen LogP contribution in [-0.2, 0) is 0 Å². The first kappa shape index (κ1) is 17.4. The summed E-state index contributed by atoms with van der Waals surface area (Å²) in [6.45, 7) is 2.20. The number of anilines is 1. The van der Waals surface area contributed by atoms with Crippen molar-refractivity contribution in [2.75, 3.05) is 11.5 Å². The maximum absolute atomic E-state index is 6.49. The van der Waals surface area contributed by atoms with Crippen LogP contribution in [0.2, 0.25) is 0 Å². The second kappa shape index (κ2) is 7.69. The maximum Gasteiger partial charge on any atom is 0.163 e. The third-order valence-corrected chi connectivity index (χ3v) is 6.94. The molecule has 5 nitrogen and oxygen atoms in total. The van der Waals surface area contributed by atoms with Crippen molar-refractivity contribution < 1.29 is 0 Å². The van der Waals surface area contributed by atoms with E-state index >= 15 is 0 Å². The summed E-state index contributed by atoms with van der Waals surface area (Å²) >= 11 is 4.98. The van der Waals surface area contributed by atoms with Gasteiger partial charge in [0.15, 0.2) is 5.82 Å². The fourth-order valence-corrected chi connectivity index (χ4v) is 5.52. The van der Waals surface area contributed by atoms with E-state index in [1.54, 1.807) is 46.8 Å². The summed E-state index contributed by atoms with van der Waals surface area (Å²) in [5.74, 6) is 1.71. The number of aromatic nitrogens is 4. The number of pyridine rings is 1. The quantitative estimate of drug-likeness (QED) is 0.348. The molecule has 8 heteroatoms. The maximum atomic E-state index is 6.49. The molecule has 0 unspecified atom stereocenters. The van der Waals surface area contributed by atoms with Crippen molar-refractivity contribution >= 4 is 50.3 Å². The van der Waals surface area contributed by atoms with Crippen LogP contribution >= 0.6 is 34.4 Å². The van der Waals surface area contributed by atoms with Crippen molar-refractivity contribution in [2.45, 2.75) is 24.0 Å². The van der Waals surface area contributed by atoms with Gasteiger partial charge >= 0.3 is 0 Å². The molecule has 0 saturated carbocycles. The number of fused-ring (bicyclic) bond motifs is 1. The minimum Gasteiger partial charge on any atom is -0.397 e. The van der Waals surface area contributed by atoms with Crippen LogP contribution in [0.15, 0.2) is 39.6 Å².